The molecule has 3 rings (SSSR count). The number of nitrogens with one attached hydrogen (secondary N) is 1. The van der Waals surface area contributed by atoms with Crippen molar-refractivity contribution < 1.29 is 0 Å². The highest BCUT2D eigenvalue weighted by molar-refractivity contribution is 14.0. The summed E-state index contributed by atoms with van der Waals surface area (Å²) in [4.78, 5) is 16.0. The second kappa shape index (κ2) is 11.4. The number of likely N-dealkylation sites (N-methyl/N-ethyl adjacent to an activating group) is 1. The normalized spacial score (nSPS) is 15.2. The molecule has 0 aromatic carbocycles. The van der Waals surface area contributed by atoms with Crippen LogP contribution in [0.4, 0.5) is 5.82 Å². The number of halogens is 1. The van der Waals surface area contributed by atoms with Gasteiger partial charge in [-0.05, 0) is 36.4 Å². The predicted octanol–water partition coefficient (Wildman–Crippen LogP) is 2.39. The maximum Gasteiger partial charge on any atom is 0.194 e. The summed E-state index contributed by atoms with van der Waals surface area (Å²) < 4.78 is 2.14. The third-order valence-corrected chi connectivity index (χ3v) is 5.43. The van der Waals surface area contributed by atoms with Gasteiger partial charge in [-0.25, -0.2) is 4.98 Å². The molecule has 0 aliphatic carbocycles. The molecule has 1 N–H and O–H groups in total. The zero-order valence-corrected chi connectivity index (χ0v) is 20.3. The lowest BCUT2D eigenvalue weighted by Gasteiger charge is -2.34. The van der Waals surface area contributed by atoms with Crippen LogP contribution in [0, 0.1) is 0 Å². The molecule has 0 atom stereocenters. The van der Waals surface area contributed by atoms with Gasteiger partial charge in [0.2, 0.25) is 0 Å². The van der Waals surface area contributed by atoms with Crippen molar-refractivity contribution in [1.82, 2.24) is 24.7 Å². The Bertz CT molecular complexity index is 781. The van der Waals surface area contributed by atoms with Crippen LogP contribution in [-0.2, 0) is 20.1 Å². The molecule has 1 aliphatic heterocycles. The number of rotatable bonds is 6. The molecule has 7 nitrogen and oxygen atoms in total. The minimum atomic E-state index is 0. The van der Waals surface area contributed by atoms with E-state index < -0.39 is 0 Å². The second-order valence-electron chi connectivity index (χ2n) is 7.31. The first kappa shape index (κ1) is 23.5. The summed E-state index contributed by atoms with van der Waals surface area (Å²) in [6.07, 6.45) is 3.98. The molecule has 0 unspecified atom stereocenters. The van der Waals surface area contributed by atoms with Crippen LogP contribution in [-0.4, -0.2) is 72.1 Å². The van der Waals surface area contributed by atoms with Gasteiger partial charge in [-0.15, -0.1) is 24.0 Å². The van der Waals surface area contributed by atoms with Crippen LogP contribution in [0.1, 0.15) is 18.2 Å². The molecule has 2 aromatic rings. The van der Waals surface area contributed by atoms with Gasteiger partial charge in [-0.2, -0.15) is 0 Å². The quantitative estimate of drug-likeness (QED) is 0.367. The molecule has 0 saturated carbocycles. The fourth-order valence-electron chi connectivity index (χ4n) is 3.58. The Morgan fingerprint density at radius 2 is 2.00 bits per heavy atom. The van der Waals surface area contributed by atoms with Crippen molar-refractivity contribution in [2.45, 2.75) is 20.0 Å². The summed E-state index contributed by atoms with van der Waals surface area (Å²) >= 11 is 0. The number of hydrogen-bond donors (Lipinski definition) is 1. The Hall–Kier alpha value is -1.81. The van der Waals surface area contributed by atoms with E-state index in [1.807, 2.05) is 13.2 Å². The lowest BCUT2D eigenvalue weighted by molar-refractivity contribution is 0.270. The molecule has 1 saturated heterocycles. The van der Waals surface area contributed by atoms with E-state index in [2.05, 4.69) is 86.0 Å². The van der Waals surface area contributed by atoms with Crippen LogP contribution in [0.25, 0.3) is 0 Å². The van der Waals surface area contributed by atoms with Crippen LogP contribution in [0.3, 0.4) is 0 Å². The van der Waals surface area contributed by atoms with E-state index in [4.69, 9.17) is 0 Å². The highest BCUT2D eigenvalue weighted by Crippen LogP contribution is 2.15. The van der Waals surface area contributed by atoms with Crippen LogP contribution in [0.5, 0.6) is 0 Å². The van der Waals surface area contributed by atoms with Crippen LogP contribution in [0.15, 0.2) is 41.7 Å². The third kappa shape index (κ3) is 6.33. The molecule has 0 spiro atoms. The number of anilines is 1. The van der Waals surface area contributed by atoms with Gasteiger partial charge < -0.3 is 24.6 Å². The molecule has 8 heteroatoms. The average molecular weight is 511 g/mol. The molecule has 0 amide bonds. The highest BCUT2D eigenvalue weighted by atomic mass is 127. The summed E-state index contributed by atoms with van der Waals surface area (Å²) in [6, 6.07) is 8.47. The molecule has 1 fully saturated rings. The number of hydrogen-bond acceptors (Lipinski definition) is 4. The molecular formula is C21H34IN7. The number of pyridine rings is 1. The number of aryl methyl sites for hydroxylation is 1. The second-order valence-corrected chi connectivity index (χ2v) is 7.31. The Kier molecular flexibility index (Phi) is 9.22. The first-order valence-corrected chi connectivity index (χ1v) is 10.0. The van der Waals surface area contributed by atoms with Gasteiger partial charge in [0, 0.05) is 72.0 Å². The lowest BCUT2D eigenvalue weighted by Crippen LogP contribution is -2.46. The summed E-state index contributed by atoms with van der Waals surface area (Å²) in [5.41, 5.74) is 2.47. The van der Waals surface area contributed by atoms with Crippen molar-refractivity contribution in [3.8, 4) is 0 Å². The first-order chi connectivity index (χ1) is 13.6. The molecule has 0 bridgehead atoms. The summed E-state index contributed by atoms with van der Waals surface area (Å²) in [5.74, 6) is 1.96. The van der Waals surface area contributed by atoms with Crippen LogP contribution < -0.4 is 10.2 Å². The Labute approximate surface area is 191 Å². The van der Waals surface area contributed by atoms with Crippen molar-refractivity contribution in [3.63, 3.8) is 0 Å². The van der Waals surface area contributed by atoms with E-state index in [9.17, 15) is 0 Å². The number of piperazine rings is 1. The van der Waals surface area contributed by atoms with E-state index in [1.54, 1.807) is 0 Å². The standard InChI is InChI=1S/C21H33N7.HI/c1-5-27-11-13-28(14-12-27)20-15-18(8-9-23-20)16-24-21(22-2)26(4)17-19-7-6-10-25(19)3;/h6-10,15H,5,11-14,16-17H2,1-4H3,(H,22,24);1H. The van der Waals surface area contributed by atoms with Gasteiger partial charge in [0.05, 0.1) is 6.54 Å². The van der Waals surface area contributed by atoms with Crippen molar-refractivity contribution in [2.75, 3.05) is 51.7 Å². The minimum Gasteiger partial charge on any atom is -0.354 e. The molecule has 0 radical (unpaired) electrons. The molecule has 29 heavy (non-hydrogen) atoms. The Morgan fingerprint density at radius 1 is 1.24 bits per heavy atom. The van der Waals surface area contributed by atoms with Gasteiger partial charge >= 0.3 is 0 Å². The number of nitrogens with zero attached hydrogens (tertiary/aromatic N) is 6. The summed E-state index contributed by atoms with van der Waals surface area (Å²) in [5, 5.41) is 3.48. The van der Waals surface area contributed by atoms with Gasteiger partial charge in [-0.1, -0.05) is 6.92 Å². The van der Waals surface area contributed by atoms with E-state index in [0.29, 0.717) is 0 Å². The topological polar surface area (TPSA) is 51.9 Å². The van der Waals surface area contributed by atoms with Crippen molar-refractivity contribution in [1.29, 1.82) is 0 Å². The van der Waals surface area contributed by atoms with E-state index in [-0.39, 0.29) is 24.0 Å². The average Bonchev–Trinajstić information content (AvgIpc) is 3.13. The summed E-state index contributed by atoms with van der Waals surface area (Å²) in [6.45, 7) is 9.19. The molecule has 160 valence electrons. The zero-order chi connectivity index (χ0) is 19.9. The van der Waals surface area contributed by atoms with Gasteiger partial charge in [0.1, 0.15) is 5.82 Å². The lowest BCUT2D eigenvalue weighted by atomic mass is 10.2. The zero-order valence-electron chi connectivity index (χ0n) is 18.0. The maximum absolute atomic E-state index is 4.59. The van der Waals surface area contributed by atoms with Crippen LogP contribution >= 0.6 is 24.0 Å². The molecule has 3 heterocycles. The number of aromatic nitrogens is 2. The minimum absolute atomic E-state index is 0. The number of aliphatic imine (C=N–C) groups is 1. The Morgan fingerprint density at radius 3 is 2.62 bits per heavy atom. The molecule has 2 aromatic heterocycles. The van der Waals surface area contributed by atoms with E-state index in [1.165, 1.54) is 11.3 Å². The fraction of sp³-hybridized carbons (Fsp3) is 0.524. The first-order valence-electron chi connectivity index (χ1n) is 10.0. The monoisotopic (exact) mass is 511 g/mol. The molecule has 1 aliphatic rings. The fourth-order valence-corrected chi connectivity index (χ4v) is 3.58. The maximum atomic E-state index is 4.59. The van der Waals surface area contributed by atoms with Gasteiger partial charge in [-0.3, -0.25) is 4.99 Å². The SMILES string of the molecule is CCN1CCN(c2cc(CNC(=NC)N(C)Cc3cccn3C)ccn2)CC1.I. The van der Waals surface area contributed by atoms with Crippen molar-refractivity contribution in [3.05, 3.63) is 47.9 Å². The largest absolute Gasteiger partial charge is 0.354 e. The Balaban J connectivity index is 0.00000300. The number of guanidine groups is 1. The molecular weight excluding hydrogens is 477 g/mol. The summed E-state index contributed by atoms with van der Waals surface area (Å²) in [7, 11) is 5.96. The van der Waals surface area contributed by atoms with E-state index in [0.717, 1.165) is 57.6 Å². The van der Waals surface area contributed by atoms with Crippen LogP contribution in [0.2, 0.25) is 0 Å². The van der Waals surface area contributed by atoms with Gasteiger partial charge in [0.15, 0.2) is 5.96 Å². The van der Waals surface area contributed by atoms with E-state index >= 15 is 0 Å². The predicted molar refractivity (Wildman–Crippen MR) is 131 cm³/mol. The third-order valence-electron chi connectivity index (χ3n) is 5.43. The van der Waals surface area contributed by atoms with Crippen molar-refractivity contribution in [2.24, 2.45) is 12.0 Å². The van der Waals surface area contributed by atoms with Gasteiger partial charge in [0.25, 0.3) is 0 Å². The smallest absolute Gasteiger partial charge is 0.194 e. The van der Waals surface area contributed by atoms with Crippen molar-refractivity contribution >= 4 is 35.8 Å². The highest BCUT2D eigenvalue weighted by Gasteiger charge is 2.17.